The summed E-state index contributed by atoms with van der Waals surface area (Å²) in [4.78, 5) is 15.4. The molecular formula is C10H18N4O2. The highest BCUT2D eigenvalue weighted by atomic mass is 16.5. The molecule has 1 aromatic rings. The Bertz CT molecular complexity index is 337. The number of aromatic nitrogens is 3. The molecule has 0 fully saturated rings. The van der Waals surface area contributed by atoms with Crippen LogP contribution in [0, 0.1) is 0 Å². The maximum atomic E-state index is 11.3. The minimum Gasteiger partial charge on any atom is -0.465 e. The molecule has 1 atom stereocenters. The number of nitrogens with zero attached hydrogens (tertiary/aromatic N) is 3. The Labute approximate surface area is 94.8 Å². The first-order valence-electron chi connectivity index (χ1n) is 5.47. The van der Waals surface area contributed by atoms with Gasteiger partial charge in [-0.05, 0) is 13.3 Å². The van der Waals surface area contributed by atoms with E-state index in [0.717, 1.165) is 18.8 Å². The summed E-state index contributed by atoms with van der Waals surface area (Å²) in [5, 5.41) is 4.06. The third kappa shape index (κ3) is 3.30. The molecule has 6 nitrogen and oxygen atoms in total. The predicted molar refractivity (Wildman–Crippen MR) is 58.6 cm³/mol. The lowest BCUT2D eigenvalue weighted by Crippen LogP contribution is -2.35. The van der Waals surface area contributed by atoms with Crippen LogP contribution in [0.2, 0.25) is 0 Å². The van der Waals surface area contributed by atoms with Crippen molar-refractivity contribution in [1.82, 2.24) is 14.8 Å². The van der Waals surface area contributed by atoms with Crippen LogP contribution < -0.4 is 5.73 Å². The van der Waals surface area contributed by atoms with Gasteiger partial charge in [0.2, 0.25) is 0 Å². The summed E-state index contributed by atoms with van der Waals surface area (Å²) in [6.07, 6.45) is 2.80. The first kappa shape index (κ1) is 12.6. The molecule has 1 heterocycles. The van der Waals surface area contributed by atoms with Crippen LogP contribution in [0.5, 0.6) is 0 Å². The number of nitrogens with two attached hydrogens (primary N) is 1. The highest BCUT2D eigenvalue weighted by Gasteiger charge is 2.18. The molecule has 0 aliphatic heterocycles. The zero-order chi connectivity index (χ0) is 12.0. The number of aryl methyl sites for hydroxylation is 1. The van der Waals surface area contributed by atoms with E-state index < -0.39 is 12.0 Å². The van der Waals surface area contributed by atoms with Crippen molar-refractivity contribution in [1.29, 1.82) is 0 Å². The number of hydrogen-bond acceptors (Lipinski definition) is 5. The quantitative estimate of drug-likeness (QED) is 0.697. The average Bonchev–Trinajstić information content (AvgIpc) is 2.67. The van der Waals surface area contributed by atoms with E-state index in [1.807, 2.05) is 0 Å². The third-order valence-electron chi connectivity index (χ3n) is 2.12. The summed E-state index contributed by atoms with van der Waals surface area (Å²) in [5.74, 6) is 0.330. The van der Waals surface area contributed by atoms with Crippen LogP contribution in [-0.2, 0) is 22.5 Å². The Hall–Kier alpha value is -1.43. The Balaban J connectivity index is 2.58. The maximum absolute atomic E-state index is 11.3. The molecule has 0 amide bonds. The zero-order valence-corrected chi connectivity index (χ0v) is 9.72. The lowest BCUT2D eigenvalue weighted by molar-refractivity contribution is -0.144. The third-order valence-corrected chi connectivity index (χ3v) is 2.12. The molecule has 6 heteroatoms. The number of ether oxygens (including phenoxy) is 1. The van der Waals surface area contributed by atoms with E-state index >= 15 is 0 Å². The highest BCUT2D eigenvalue weighted by molar-refractivity contribution is 5.75. The van der Waals surface area contributed by atoms with E-state index in [9.17, 15) is 4.79 Å². The second-order valence-electron chi connectivity index (χ2n) is 3.46. The molecular weight excluding hydrogens is 208 g/mol. The van der Waals surface area contributed by atoms with Gasteiger partial charge in [-0.2, -0.15) is 5.10 Å². The second-order valence-corrected chi connectivity index (χ2v) is 3.46. The number of carbonyl (C=O) groups excluding carboxylic acids is 1. The van der Waals surface area contributed by atoms with E-state index in [0.29, 0.717) is 13.0 Å². The van der Waals surface area contributed by atoms with Crippen LogP contribution in [-0.4, -0.2) is 33.4 Å². The summed E-state index contributed by atoms with van der Waals surface area (Å²) >= 11 is 0. The van der Waals surface area contributed by atoms with Gasteiger partial charge >= 0.3 is 5.97 Å². The lowest BCUT2D eigenvalue weighted by atomic mass is 10.2. The summed E-state index contributed by atoms with van der Waals surface area (Å²) < 4.78 is 6.59. The van der Waals surface area contributed by atoms with Gasteiger partial charge in [-0.3, -0.25) is 9.48 Å². The molecule has 0 aliphatic rings. The van der Waals surface area contributed by atoms with Crippen molar-refractivity contribution in [2.24, 2.45) is 5.73 Å². The SMILES string of the molecule is CCCn1ncnc1CC(N)C(=O)OCC. The van der Waals surface area contributed by atoms with E-state index in [1.165, 1.54) is 6.33 Å². The molecule has 90 valence electrons. The van der Waals surface area contributed by atoms with Crippen LogP contribution in [0.15, 0.2) is 6.33 Å². The first-order valence-corrected chi connectivity index (χ1v) is 5.47. The summed E-state index contributed by atoms with van der Waals surface area (Å²) in [5.41, 5.74) is 5.70. The molecule has 0 radical (unpaired) electrons. The van der Waals surface area contributed by atoms with Crippen LogP contribution in [0.25, 0.3) is 0 Å². The molecule has 16 heavy (non-hydrogen) atoms. The van der Waals surface area contributed by atoms with Crippen LogP contribution in [0.3, 0.4) is 0 Å². The second kappa shape index (κ2) is 6.22. The van der Waals surface area contributed by atoms with Gasteiger partial charge in [0.25, 0.3) is 0 Å². The number of rotatable bonds is 6. The van der Waals surface area contributed by atoms with E-state index in [4.69, 9.17) is 10.5 Å². The summed E-state index contributed by atoms with van der Waals surface area (Å²) in [6.45, 7) is 4.93. The van der Waals surface area contributed by atoms with Gasteiger partial charge in [0, 0.05) is 13.0 Å². The van der Waals surface area contributed by atoms with Crippen molar-refractivity contribution < 1.29 is 9.53 Å². The molecule has 2 N–H and O–H groups in total. The van der Waals surface area contributed by atoms with E-state index in [-0.39, 0.29) is 0 Å². The topological polar surface area (TPSA) is 83.0 Å². The molecule has 0 aromatic carbocycles. The first-order chi connectivity index (χ1) is 7.69. The molecule has 0 aliphatic carbocycles. The van der Waals surface area contributed by atoms with Crippen molar-refractivity contribution in [2.45, 2.75) is 39.3 Å². The van der Waals surface area contributed by atoms with Crippen molar-refractivity contribution in [2.75, 3.05) is 6.61 Å². The van der Waals surface area contributed by atoms with E-state index in [2.05, 4.69) is 17.0 Å². The molecule has 1 rings (SSSR count). The van der Waals surface area contributed by atoms with Gasteiger partial charge in [-0.15, -0.1) is 0 Å². The Morgan fingerprint density at radius 2 is 2.38 bits per heavy atom. The van der Waals surface area contributed by atoms with Crippen molar-refractivity contribution in [3.05, 3.63) is 12.2 Å². The Morgan fingerprint density at radius 1 is 1.62 bits per heavy atom. The summed E-state index contributed by atoms with van der Waals surface area (Å²) in [7, 11) is 0. The normalized spacial score (nSPS) is 12.4. The monoisotopic (exact) mass is 226 g/mol. The number of esters is 1. The zero-order valence-electron chi connectivity index (χ0n) is 9.72. The van der Waals surface area contributed by atoms with Gasteiger partial charge < -0.3 is 10.5 Å². The molecule has 0 saturated heterocycles. The predicted octanol–water partition coefficient (Wildman–Crippen LogP) is 0.121. The number of hydrogen-bond donors (Lipinski definition) is 1. The number of carbonyl (C=O) groups is 1. The Morgan fingerprint density at radius 3 is 3.00 bits per heavy atom. The minimum absolute atomic E-state index is 0.341. The standard InChI is InChI=1S/C10H18N4O2/c1-3-5-14-9(12-7-13-14)6-8(11)10(15)16-4-2/h7-8H,3-6,11H2,1-2H3. The van der Waals surface area contributed by atoms with Crippen LogP contribution >= 0.6 is 0 Å². The van der Waals surface area contributed by atoms with Crippen LogP contribution in [0.1, 0.15) is 26.1 Å². The molecule has 0 bridgehead atoms. The summed E-state index contributed by atoms with van der Waals surface area (Å²) in [6, 6.07) is -0.667. The average molecular weight is 226 g/mol. The highest BCUT2D eigenvalue weighted by Crippen LogP contribution is 2.01. The molecule has 0 spiro atoms. The van der Waals surface area contributed by atoms with Gasteiger partial charge in [0.1, 0.15) is 18.2 Å². The molecule has 1 unspecified atom stereocenters. The van der Waals surface area contributed by atoms with Crippen molar-refractivity contribution in [3.63, 3.8) is 0 Å². The largest absolute Gasteiger partial charge is 0.465 e. The van der Waals surface area contributed by atoms with Gasteiger partial charge in [-0.25, -0.2) is 4.98 Å². The van der Waals surface area contributed by atoms with Gasteiger partial charge in [-0.1, -0.05) is 6.92 Å². The van der Waals surface area contributed by atoms with Gasteiger partial charge in [0.15, 0.2) is 0 Å². The molecule has 0 saturated carbocycles. The Kier molecular flexibility index (Phi) is 4.91. The fraction of sp³-hybridized carbons (Fsp3) is 0.700. The smallest absolute Gasteiger partial charge is 0.323 e. The molecule has 1 aromatic heterocycles. The van der Waals surface area contributed by atoms with Crippen molar-refractivity contribution in [3.8, 4) is 0 Å². The van der Waals surface area contributed by atoms with Crippen molar-refractivity contribution >= 4 is 5.97 Å². The van der Waals surface area contributed by atoms with Crippen LogP contribution in [0.4, 0.5) is 0 Å². The maximum Gasteiger partial charge on any atom is 0.323 e. The van der Waals surface area contributed by atoms with E-state index in [1.54, 1.807) is 11.6 Å². The lowest BCUT2D eigenvalue weighted by Gasteiger charge is -2.10. The fourth-order valence-electron chi connectivity index (χ4n) is 1.37. The minimum atomic E-state index is -0.667. The fourth-order valence-corrected chi connectivity index (χ4v) is 1.37. The van der Waals surface area contributed by atoms with Gasteiger partial charge in [0.05, 0.1) is 6.61 Å².